The SMILES string of the molecule is CC(=O)c1ccc(N=Nc2c([O-])ccc3cc(S(=O)(=O)O)ccc23)cc1.[Na+]. The largest absolute Gasteiger partial charge is 1.00 e. The van der Waals surface area contributed by atoms with E-state index in [1.165, 1.54) is 37.3 Å². The average Bonchev–Trinajstić information content (AvgIpc) is 2.60. The first-order chi connectivity index (χ1) is 12.3. The summed E-state index contributed by atoms with van der Waals surface area (Å²) < 4.78 is 31.6. The molecule has 1 N–H and O–H groups in total. The molecule has 0 atom stereocenters. The smallest absolute Gasteiger partial charge is 0.871 e. The Labute approximate surface area is 177 Å². The van der Waals surface area contributed by atoms with Crippen LogP contribution in [-0.4, -0.2) is 18.8 Å². The van der Waals surface area contributed by atoms with E-state index in [2.05, 4.69) is 10.2 Å². The number of Topliss-reactive ketones (excluding diaryl/α,β-unsaturated/α-hetero) is 1. The van der Waals surface area contributed by atoms with E-state index in [1.54, 1.807) is 24.3 Å². The molecular weight excluding hydrogens is 379 g/mol. The fourth-order valence-electron chi connectivity index (χ4n) is 2.41. The summed E-state index contributed by atoms with van der Waals surface area (Å²) in [7, 11) is -4.34. The molecule has 0 saturated heterocycles. The molecule has 0 fully saturated rings. The molecule has 0 heterocycles. The van der Waals surface area contributed by atoms with Gasteiger partial charge in [-0.25, -0.2) is 0 Å². The second kappa shape index (κ2) is 8.28. The molecule has 3 aromatic rings. The molecule has 0 saturated carbocycles. The minimum Gasteiger partial charge on any atom is -0.871 e. The van der Waals surface area contributed by atoms with E-state index in [1.807, 2.05) is 0 Å². The minimum atomic E-state index is -4.34. The van der Waals surface area contributed by atoms with Crippen molar-refractivity contribution < 1.29 is 52.4 Å². The molecule has 0 aliphatic carbocycles. The maximum atomic E-state index is 12.1. The molecule has 0 spiro atoms. The number of benzene rings is 3. The first-order valence-corrected chi connectivity index (χ1v) is 8.94. The third kappa shape index (κ3) is 4.79. The molecule has 0 unspecified atom stereocenters. The molecule has 0 radical (unpaired) electrons. The van der Waals surface area contributed by atoms with Gasteiger partial charge in [0.2, 0.25) is 0 Å². The summed E-state index contributed by atoms with van der Waals surface area (Å²) in [6, 6.07) is 13.0. The Morgan fingerprint density at radius 1 is 1.00 bits per heavy atom. The van der Waals surface area contributed by atoms with Crippen LogP contribution < -0.4 is 34.7 Å². The zero-order valence-electron chi connectivity index (χ0n) is 14.6. The molecule has 7 nitrogen and oxygen atoms in total. The van der Waals surface area contributed by atoms with E-state index in [0.29, 0.717) is 22.0 Å². The van der Waals surface area contributed by atoms with Crippen LogP contribution in [0.5, 0.6) is 5.75 Å². The van der Waals surface area contributed by atoms with Crippen LogP contribution in [0.4, 0.5) is 11.4 Å². The third-order valence-corrected chi connectivity index (χ3v) is 4.61. The summed E-state index contributed by atoms with van der Waals surface area (Å²) in [6.45, 7) is 1.46. The van der Waals surface area contributed by atoms with Crippen LogP contribution >= 0.6 is 0 Å². The van der Waals surface area contributed by atoms with E-state index >= 15 is 0 Å². The van der Waals surface area contributed by atoms with Crippen molar-refractivity contribution in [1.82, 2.24) is 0 Å². The Morgan fingerprint density at radius 2 is 1.67 bits per heavy atom. The van der Waals surface area contributed by atoms with Gasteiger partial charge in [0.1, 0.15) is 0 Å². The molecule has 3 rings (SSSR count). The Bertz CT molecular complexity index is 1140. The summed E-state index contributed by atoms with van der Waals surface area (Å²) in [4.78, 5) is 11.0. The second-order valence-corrected chi connectivity index (χ2v) is 6.99. The third-order valence-electron chi connectivity index (χ3n) is 3.76. The van der Waals surface area contributed by atoms with Gasteiger partial charge < -0.3 is 5.11 Å². The maximum absolute atomic E-state index is 12.1. The molecule has 9 heteroatoms. The summed E-state index contributed by atoms with van der Waals surface area (Å²) in [5, 5.41) is 20.9. The van der Waals surface area contributed by atoms with Crippen LogP contribution in [0.1, 0.15) is 17.3 Å². The molecule has 0 bridgehead atoms. The monoisotopic (exact) mass is 392 g/mol. The van der Waals surface area contributed by atoms with Gasteiger partial charge in [-0.3, -0.25) is 9.35 Å². The van der Waals surface area contributed by atoms with Crippen molar-refractivity contribution in [3.8, 4) is 5.75 Å². The van der Waals surface area contributed by atoms with Crippen molar-refractivity contribution in [2.24, 2.45) is 10.2 Å². The topological polar surface area (TPSA) is 119 Å². The normalized spacial score (nSPS) is 11.5. The molecule has 0 aliphatic rings. The van der Waals surface area contributed by atoms with Crippen LogP contribution in [0.15, 0.2) is 69.7 Å². The quantitative estimate of drug-likeness (QED) is 0.305. The number of carbonyl (C=O) groups excluding carboxylic acids is 1. The Kier molecular flexibility index (Phi) is 6.50. The molecular formula is C18H13N2NaO5S. The first-order valence-electron chi connectivity index (χ1n) is 7.50. The van der Waals surface area contributed by atoms with Crippen LogP contribution in [0.25, 0.3) is 10.8 Å². The number of hydrogen-bond acceptors (Lipinski definition) is 6. The molecule has 27 heavy (non-hydrogen) atoms. The van der Waals surface area contributed by atoms with Gasteiger partial charge in [-0.1, -0.05) is 23.9 Å². The Morgan fingerprint density at radius 3 is 2.26 bits per heavy atom. The minimum absolute atomic E-state index is 0. The molecule has 3 aromatic carbocycles. The van der Waals surface area contributed by atoms with Crippen LogP contribution in [0.3, 0.4) is 0 Å². The van der Waals surface area contributed by atoms with E-state index in [9.17, 15) is 18.3 Å². The van der Waals surface area contributed by atoms with Crippen molar-refractivity contribution in [2.75, 3.05) is 0 Å². The summed E-state index contributed by atoms with van der Waals surface area (Å²) in [6.07, 6.45) is 0. The predicted molar refractivity (Wildman–Crippen MR) is 93.8 cm³/mol. The van der Waals surface area contributed by atoms with Crippen molar-refractivity contribution >= 4 is 38.0 Å². The molecule has 0 aromatic heterocycles. The number of rotatable bonds is 4. The number of carbonyl (C=O) groups is 1. The number of fused-ring (bicyclic) bond motifs is 1. The number of azo groups is 1. The van der Waals surface area contributed by atoms with Crippen molar-refractivity contribution in [1.29, 1.82) is 0 Å². The van der Waals surface area contributed by atoms with E-state index < -0.39 is 10.1 Å². The predicted octanol–water partition coefficient (Wildman–Crippen LogP) is 0.782. The van der Waals surface area contributed by atoms with E-state index in [-0.39, 0.29) is 51.7 Å². The molecule has 132 valence electrons. The molecule has 0 amide bonds. The van der Waals surface area contributed by atoms with E-state index in [0.717, 1.165) is 0 Å². The molecule has 0 aliphatic heterocycles. The van der Waals surface area contributed by atoms with Gasteiger partial charge in [0.15, 0.2) is 5.78 Å². The van der Waals surface area contributed by atoms with Crippen LogP contribution in [0.2, 0.25) is 0 Å². The second-order valence-electron chi connectivity index (χ2n) is 5.57. The zero-order valence-corrected chi connectivity index (χ0v) is 17.4. The van der Waals surface area contributed by atoms with E-state index in [4.69, 9.17) is 4.55 Å². The van der Waals surface area contributed by atoms with Gasteiger partial charge >= 0.3 is 29.6 Å². The Balaban J connectivity index is 0.00000261. The van der Waals surface area contributed by atoms with Gasteiger partial charge in [0, 0.05) is 10.9 Å². The maximum Gasteiger partial charge on any atom is 1.00 e. The van der Waals surface area contributed by atoms with Crippen LogP contribution in [0, 0.1) is 0 Å². The summed E-state index contributed by atoms with van der Waals surface area (Å²) in [5.41, 5.74) is 1.05. The summed E-state index contributed by atoms with van der Waals surface area (Å²) in [5.74, 6) is -0.444. The van der Waals surface area contributed by atoms with Crippen LogP contribution in [-0.2, 0) is 10.1 Å². The van der Waals surface area contributed by atoms with Gasteiger partial charge in [-0.2, -0.15) is 18.6 Å². The van der Waals surface area contributed by atoms with Gasteiger partial charge in [0.05, 0.1) is 16.3 Å². The van der Waals surface area contributed by atoms with Gasteiger partial charge in [-0.15, -0.1) is 0 Å². The van der Waals surface area contributed by atoms with Crippen molar-refractivity contribution in [2.45, 2.75) is 11.8 Å². The number of hydrogen-bond donors (Lipinski definition) is 1. The van der Waals surface area contributed by atoms with Crippen molar-refractivity contribution in [3.05, 3.63) is 60.2 Å². The van der Waals surface area contributed by atoms with Gasteiger partial charge in [0.25, 0.3) is 10.1 Å². The first kappa shape index (κ1) is 21.2. The summed E-state index contributed by atoms with van der Waals surface area (Å²) >= 11 is 0. The fraction of sp³-hybridized carbons (Fsp3) is 0.0556. The standard InChI is InChI=1S/C18H14N2O5S.Na/c1-11(21)12-2-5-14(6-3-12)19-20-18-16-8-7-15(26(23,24)25)10-13(16)4-9-17(18)22;/h2-10,22H,1H3,(H,23,24,25);/q;+1/p-1. The van der Waals surface area contributed by atoms with Crippen molar-refractivity contribution in [3.63, 3.8) is 0 Å². The fourth-order valence-corrected chi connectivity index (χ4v) is 2.92. The number of ketones is 1. The van der Waals surface area contributed by atoms with Gasteiger partial charge in [-0.05, 0) is 48.7 Å². The average molecular weight is 392 g/mol. The zero-order chi connectivity index (χ0) is 18.9. The Hall–Kier alpha value is -2.10. The number of nitrogens with zero attached hydrogens (tertiary/aromatic N) is 2.